The quantitative estimate of drug-likeness (QED) is 0.817. The molecule has 0 bridgehead atoms. The summed E-state index contributed by atoms with van der Waals surface area (Å²) in [6.07, 6.45) is -3.44. The largest absolute Gasteiger partial charge is 0.416 e. The van der Waals surface area contributed by atoms with Crippen molar-refractivity contribution in [1.29, 1.82) is 0 Å². The summed E-state index contributed by atoms with van der Waals surface area (Å²) in [5.41, 5.74) is -0.903. The Labute approximate surface area is 113 Å². The van der Waals surface area contributed by atoms with Crippen LogP contribution in [0.2, 0.25) is 5.02 Å². The van der Waals surface area contributed by atoms with Gasteiger partial charge in [0.25, 0.3) is 0 Å². The van der Waals surface area contributed by atoms with E-state index in [9.17, 15) is 18.0 Å². The lowest BCUT2D eigenvalue weighted by Gasteiger charge is -2.11. The molecular weight excluding hydrogens is 283 g/mol. The average Bonchev–Trinajstić information content (AvgIpc) is 2.27. The lowest BCUT2D eigenvalue weighted by molar-refractivity contribution is -0.137. The van der Waals surface area contributed by atoms with Gasteiger partial charge in [0, 0.05) is 23.7 Å². The molecule has 1 rings (SSSR count). The molecule has 0 radical (unpaired) electrons. The van der Waals surface area contributed by atoms with Crippen LogP contribution in [0.3, 0.4) is 0 Å². The lowest BCUT2D eigenvalue weighted by Crippen LogP contribution is -2.13. The molecule has 2 N–H and O–H groups in total. The van der Waals surface area contributed by atoms with Crippen molar-refractivity contribution in [2.45, 2.75) is 25.4 Å². The normalized spacial score (nSPS) is 11.4. The molecule has 0 saturated heterocycles. The molecule has 0 fully saturated rings. The van der Waals surface area contributed by atoms with Gasteiger partial charge in [-0.1, -0.05) is 11.6 Å². The van der Waals surface area contributed by atoms with E-state index < -0.39 is 17.6 Å². The molecule has 0 heterocycles. The Morgan fingerprint density at radius 1 is 1.26 bits per heavy atom. The van der Waals surface area contributed by atoms with Gasteiger partial charge in [0.05, 0.1) is 5.56 Å². The summed E-state index contributed by atoms with van der Waals surface area (Å²) in [6.45, 7) is -0.0251. The Morgan fingerprint density at radius 3 is 2.53 bits per heavy atom. The van der Waals surface area contributed by atoms with Gasteiger partial charge in [-0.2, -0.15) is 13.2 Å². The maximum Gasteiger partial charge on any atom is 0.416 e. The number of unbranched alkanes of at least 4 members (excludes halogenated alkanes) is 1. The second-order valence-electron chi connectivity index (χ2n) is 3.96. The smallest absolute Gasteiger partial charge is 0.396 e. The van der Waals surface area contributed by atoms with E-state index in [1.54, 1.807) is 0 Å². The Bertz CT molecular complexity index is 449. The molecule has 0 saturated carbocycles. The van der Waals surface area contributed by atoms with Crippen molar-refractivity contribution >= 4 is 23.2 Å². The number of amides is 1. The van der Waals surface area contributed by atoms with Crippen LogP contribution < -0.4 is 5.32 Å². The number of halogens is 4. The molecule has 106 valence electrons. The van der Waals surface area contributed by atoms with Crippen LogP contribution in [0, 0.1) is 0 Å². The number of hydrogen-bond donors (Lipinski definition) is 2. The minimum Gasteiger partial charge on any atom is -0.396 e. The molecule has 0 aliphatic carbocycles. The Kier molecular flexibility index (Phi) is 5.62. The highest BCUT2D eigenvalue weighted by Gasteiger charge is 2.31. The van der Waals surface area contributed by atoms with Crippen LogP contribution in [0.15, 0.2) is 18.2 Å². The fraction of sp³-hybridized carbons (Fsp3) is 0.417. The fourth-order valence-electron chi connectivity index (χ4n) is 1.45. The summed E-state index contributed by atoms with van der Waals surface area (Å²) in [7, 11) is 0. The number of aliphatic hydroxyl groups excluding tert-OH is 1. The number of hydrogen-bond acceptors (Lipinski definition) is 2. The number of nitrogens with one attached hydrogen (secondary N) is 1. The Hall–Kier alpha value is -1.27. The average molecular weight is 296 g/mol. The van der Waals surface area contributed by atoms with Crippen molar-refractivity contribution in [1.82, 2.24) is 0 Å². The summed E-state index contributed by atoms with van der Waals surface area (Å²) in [5.74, 6) is -0.413. The van der Waals surface area contributed by atoms with Crippen LogP contribution in [0.4, 0.5) is 18.9 Å². The minimum atomic E-state index is -4.51. The molecule has 1 aromatic carbocycles. The number of anilines is 1. The molecule has 1 amide bonds. The van der Waals surface area contributed by atoms with Crippen LogP contribution in [0.1, 0.15) is 24.8 Å². The van der Waals surface area contributed by atoms with Gasteiger partial charge in [0.1, 0.15) is 0 Å². The SMILES string of the molecule is O=C(CCCCO)Nc1cc(Cl)cc(C(F)(F)F)c1. The molecule has 0 aliphatic rings. The Balaban J connectivity index is 2.73. The molecule has 0 unspecified atom stereocenters. The van der Waals surface area contributed by atoms with Crippen LogP contribution in [-0.2, 0) is 11.0 Å². The van der Waals surface area contributed by atoms with Crippen LogP contribution in [0.5, 0.6) is 0 Å². The van der Waals surface area contributed by atoms with Crippen LogP contribution >= 0.6 is 11.6 Å². The van der Waals surface area contributed by atoms with Crippen molar-refractivity contribution in [3.63, 3.8) is 0 Å². The lowest BCUT2D eigenvalue weighted by atomic mass is 10.2. The number of carbonyl (C=O) groups is 1. The van der Waals surface area contributed by atoms with E-state index in [2.05, 4.69) is 5.32 Å². The molecule has 0 atom stereocenters. The zero-order chi connectivity index (χ0) is 14.5. The third kappa shape index (κ3) is 5.48. The highest BCUT2D eigenvalue weighted by Crippen LogP contribution is 2.33. The molecular formula is C12H13ClF3NO2. The predicted molar refractivity (Wildman–Crippen MR) is 66.0 cm³/mol. The van der Waals surface area contributed by atoms with E-state index in [4.69, 9.17) is 16.7 Å². The predicted octanol–water partition coefficient (Wildman–Crippen LogP) is 3.46. The molecule has 3 nitrogen and oxygen atoms in total. The minimum absolute atomic E-state index is 0.00817. The molecule has 0 spiro atoms. The van der Waals surface area contributed by atoms with Gasteiger partial charge in [-0.25, -0.2) is 0 Å². The third-order valence-corrected chi connectivity index (χ3v) is 2.54. The first-order chi connectivity index (χ1) is 8.82. The van der Waals surface area contributed by atoms with Gasteiger partial charge < -0.3 is 10.4 Å². The first-order valence-corrected chi connectivity index (χ1v) is 5.99. The van der Waals surface area contributed by atoms with Gasteiger partial charge >= 0.3 is 6.18 Å². The van der Waals surface area contributed by atoms with Crippen molar-refractivity contribution in [3.05, 3.63) is 28.8 Å². The molecule has 0 aromatic heterocycles. The first kappa shape index (κ1) is 15.8. The zero-order valence-corrected chi connectivity index (χ0v) is 10.7. The Morgan fingerprint density at radius 2 is 1.95 bits per heavy atom. The molecule has 19 heavy (non-hydrogen) atoms. The van der Waals surface area contributed by atoms with Crippen molar-refractivity contribution in [2.75, 3.05) is 11.9 Å². The maximum absolute atomic E-state index is 12.5. The van der Waals surface area contributed by atoms with E-state index in [1.165, 1.54) is 6.07 Å². The van der Waals surface area contributed by atoms with Crippen LogP contribution in [0.25, 0.3) is 0 Å². The van der Waals surface area contributed by atoms with E-state index in [0.29, 0.717) is 12.8 Å². The van der Waals surface area contributed by atoms with Crippen molar-refractivity contribution < 1.29 is 23.1 Å². The topological polar surface area (TPSA) is 49.3 Å². The summed E-state index contributed by atoms with van der Waals surface area (Å²) in [6, 6.07) is 2.87. The first-order valence-electron chi connectivity index (χ1n) is 5.61. The van der Waals surface area contributed by atoms with E-state index in [-0.39, 0.29) is 23.7 Å². The summed E-state index contributed by atoms with van der Waals surface area (Å²) in [5, 5.41) is 10.8. The van der Waals surface area contributed by atoms with Crippen molar-refractivity contribution in [3.8, 4) is 0 Å². The summed E-state index contributed by atoms with van der Waals surface area (Å²) >= 11 is 5.58. The standard InChI is InChI=1S/C12H13ClF3NO2/c13-9-5-8(12(14,15)16)6-10(7-9)17-11(19)3-1-2-4-18/h5-7,18H,1-4H2,(H,17,19). The van der Waals surface area contributed by atoms with Gasteiger partial charge in [-0.05, 0) is 31.0 Å². The van der Waals surface area contributed by atoms with Gasteiger partial charge in [-0.3, -0.25) is 4.79 Å². The highest BCUT2D eigenvalue weighted by molar-refractivity contribution is 6.31. The number of aliphatic hydroxyl groups is 1. The summed E-state index contributed by atoms with van der Waals surface area (Å²) in [4.78, 5) is 11.4. The molecule has 1 aromatic rings. The highest BCUT2D eigenvalue weighted by atomic mass is 35.5. The second-order valence-corrected chi connectivity index (χ2v) is 4.39. The number of carbonyl (C=O) groups excluding carboxylic acids is 1. The zero-order valence-electron chi connectivity index (χ0n) is 9.93. The van der Waals surface area contributed by atoms with Crippen LogP contribution in [-0.4, -0.2) is 17.6 Å². The number of benzene rings is 1. The van der Waals surface area contributed by atoms with Gasteiger partial charge in [0.15, 0.2) is 0 Å². The maximum atomic E-state index is 12.5. The summed E-state index contributed by atoms with van der Waals surface area (Å²) < 4.78 is 37.6. The number of rotatable bonds is 5. The van der Waals surface area contributed by atoms with Gasteiger partial charge in [-0.15, -0.1) is 0 Å². The fourth-order valence-corrected chi connectivity index (χ4v) is 1.68. The monoisotopic (exact) mass is 295 g/mol. The van der Waals surface area contributed by atoms with E-state index in [1.807, 2.05) is 0 Å². The second kappa shape index (κ2) is 6.77. The van der Waals surface area contributed by atoms with E-state index in [0.717, 1.165) is 12.1 Å². The van der Waals surface area contributed by atoms with E-state index >= 15 is 0 Å². The van der Waals surface area contributed by atoms with Gasteiger partial charge in [0.2, 0.25) is 5.91 Å². The number of alkyl halides is 3. The molecule has 0 aliphatic heterocycles. The molecule has 7 heteroatoms. The van der Waals surface area contributed by atoms with Crippen molar-refractivity contribution in [2.24, 2.45) is 0 Å². The third-order valence-electron chi connectivity index (χ3n) is 2.32.